The highest BCUT2D eigenvalue weighted by molar-refractivity contribution is 7.91. The Bertz CT molecular complexity index is 927. The van der Waals surface area contributed by atoms with Crippen LogP contribution in [0.3, 0.4) is 0 Å². The fourth-order valence-electron chi connectivity index (χ4n) is 3.34. The number of rotatable bonds is 7. The molecule has 8 heteroatoms. The number of benzene rings is 2. The summed E-state index contributed by atoms with van der Waals surface area (Å²) in [5, 5.41) is 5.37. The van der Waals surface area contributed by atoms with E-state index in [0.29, 0.717) is 31.7 Å². The van der Waals surface area contributed by atoms with E-state index in [4.69, 9.17) is 4.74 Å². The number of hydrogen-bond donors (Lipinski definition) is 2. The summed E-state index contributed by atoms with van der Waals surface area (Å²) in [6, 6.07) is 14.8. The van der Waals surface area contributed by atoms with Crippen molar-refractivity contribution < 1.29 is 17.9 Å². The topological polar surface area (TPSA) is 87.7 Å². The summed E-state index contributed by atoms with van der Waals surface area (Å²) in [4.78, 5) is 14.2. The Morgan fingerprint density at radius 1 is 1.10 bits per heavy atom. The van der Waals surface area contributed by atoms with E-state index in [-0.39, 0.29) is 11.3 Å². The summed E-state index contributed by atoms with van der Waals surface area (Å²) in [5.74, 6) is 0.777. The van der Waals surface area contributed by atoms with Gasteiger partial charge in [-0.3, -0.25) is 4.90 Å². The molecule has 1 fully saturated rings. The SMILES string of the molecule is COc1ccc(CNC(=O)Nc2ccc(CN3CC[C@@H](S(C)(=O)=O)C3)cc2)cc1. The number of nitrogens with one attached hydrogen (secondary N) is 2. The van der Waals surface area contributed by atoms with Gasteiger partial charge in [0.2, 0.25) is 0 Å². The number of carbonyl (C=O) groups is 1. The normalized spacial score (nSPS) is 17.1. The Hall–Kier alpha value is -2.58. The van der Waals surface area contributed by atoms with Crippen molar-refractivity contribution in [1.29, 1.82) is 0 Å². The lowest BCUT2D eigenvalue weighted by atomic mass is 10.2. The van der Waals surface area contributed by atoms with E-state index in [9.17, 15) is 13.2 Å². The molecule has 3 rings (SSSR count). The molecule has 2 aromatic carbocycles. The number of sulfone groups is 1. The predicted molar refractivity (Wildman–Crippen MR) is 114 cm³/mol. The third-order valence-electron chi connectivity index (χ3n) is 5.06. The number of amides is 2. The first-order chi connectivity index (χ1) is 13.8. The maximum atomic E-state index is 12.1. The van der Waals surface area contributed by atoms with Gasteiger partial charge in [-0.15, -0.1) is 0 Å². The van der Waals surface area contributed by atoms with E-state index in [1.165, 1.54) is 6.26 Å². The van der Waals surface area contributed by atoms with Crippen LogP contribution >= 0.6 is 0 Å². The third kappa shape index (κ3) is 6.20. The molecule has 2 amide bonds. The number of ether oxygens (including phenoxy) is 1. The van der Waals surface area contributed by atoms with Gasteiger partial charge in [0.15, 0.2) is 9.84 Å². The molecule has 2 N–H and O–H groups in total. The molecule has 0 saturated carbocycles. The van der Waals surface area contributed by atoms with Crippen molar-refractivity contribution in [3.05, 3.63) is 59.7 Å². The first-order valence-corrected chi connectivity index (χ1v) is 11.5. The lowest BCUT2D eigenvalue weighted by molar-refractivity contribution is 0.251. The molecule has 2 aromatic rings. The van der Waals surface area contributed by atoms with Crippen molar-refractivity contribution in [2.75, 3.05) is 31.8 Å². The minimum atomic E-state index is -2.98. The molecule has 156 valence electrons. The lowest BCUT2D eigenvalue weighted by Gasteiger charge is -2.16. The van der Waals surface area contributed by atoms with Crippen molar-refractivity contribution in [3.63, 3.8) is 0 Å². The van der Waals surface area contributed by atoms with Gasteiger partial charge >= 0.3 is 6.03 Å². The van der Waals surface area contributed by atoms with Gasteiger partial charge in [0.05, 0.1) is 12.4 Å². The van der Waals surface area contributed by atoms with E-state index in [0.717, 1.165) is 23.4 Å². The van der Waals surface area contributed by atoms with Gasteiger partial charge in [-0.1, -0.05) is 24.3 Å². The maximum absolute atomic E-state index is 12.1. The summed E-state index contributed by atoms with van der Waals surface area (Å²) in [6.45, 7) is 2.48. The first-order valence-electron chi connectivity index (χ1n) is 9.51. The number of likely N-dealkylation sites (tertiary alicyclic amines) is 1. The Kier molecular flexibility index (Phi) is 6.76. The molecule has 1 atom stereocenters. The molecule has 0 aromatic heterocycles. The minimum Gasteiger partial charge on any atom is -0.497 e. The second-order valence-electron chi connectivity index (χ2n) is 7.33. The fourth-order valence-corrected chi connectivity index (χ4v) is 4.36. The molecular formula is C21H27N3O4S. The third-order valence-corrected chi connectivity index (χ3v) is 6.66. The van der Waals surface area contributed by atoms with Crippen LogP contribution in [0.5, 0.6) is 5.75 Å². The monoisotopic (exact) mass is 417 g/mol. The zero-order valence-corrected chi connectivity index (χ0v) is 17.5. The van der Waals surface area contributed by atoms with E-state index >= 15 is 0 Å². The van der Waals surface area contributed by atoms with E-state index < -0.39 is 9.84 Å². The molecule has 0 spiro atoms. The number of anilines is 1. The molecule has 1 aliphatic heterocycles. The zero-order valence-electron chi connectivity index (χ0n) is 16.7. The molecule has 0 radical (unpaired) electrons. The van der Waals surface area contributed by atoms with Crippen LogP contribution in [-0.4, -0.2) is 51.1 Å². The van der Waals surface area contributed by atoms with Gasteiger partial charge in [0, 0.05) is 31.6 Å². The smallest absolute Gasteiger partial charge is 0.319 e. The highest BCUT2D eigenvalue weighted by atomic mass is 32.2. The van der Waals surface area contributed by atoms with Crippen LogP contribution in [0.2, 0.25) is 0 Å². The quantitative estimate of drug-likeness (QED) is 0.723. The average molecular weight is 418 g/mol. The van der Waals surface area contributed by atoms with Gasteiger partial charge in [0.25, 0.3) is 0 Å². The zero-order chi connectivity index (χ0) is 20.9. The van der Waals surface area contributed by atoms with Crippen molar-refractivity contribution in [3.8, 4) is 5.75 Å². The van der Waals surface area contributed by atoms with Crippen molar-refractivity contribution in [2.45, 2.75) is 24.8 Å². The average Bonchev–Trinajstić information content (AvgIpc) is 3.17. The van der Waals surface area contributed by atoms with Crippen LogP contribution in [0.15, 0.2) is 48.5 Å². The highest BCUT2D eigenvalue weighted by Crippen LogP contribution is 2.19. The number of urea groups is 1. The fraction of sp³-hybridized carbons (Fsp3) is 0.381. The minimum absolute atomic E-state index is 0.266. The van der Waals surface area contributed by atoms with Crippen LogP contribution in [0.25, 0.3) is 0 Å². The second kappa shape index (κ2) is 9.28. The molecule has 0 unspecified atom stereocenters. The molecule has 0 bridgehead atoms. The number of carbonyl (C=O) groups excluding carboxylic acids is 1. The van der Waals surface area contributed by atoms with Gasteiger partial charge in [-0.25, -0.2) is 13.2 Å². The molecule has 1 saturated heterocycles. The Balaban J connectivity index is 1.45. The van der Waals surface area contributed by atoms with Gasteiger partial charge in [-0.2, -0.15) is 0 Å². The van der Waals surface area contributed by atoms with E-state index in [1.807, 2.05) is 48.5 Å². The standard InChI is InChI=1S/C21H27N3O4S/c1-28-19-9-5-16(6-10-19)13-22-21(25)23-18-7-3-17(4-8-18)14-24-12-11-20(15-24)29(2,26)27/h3-10,20H,11-15H2,1-2H3,(H2,22,23,25)/t20-/m1/s1. The highest BCUT2D eigenvalue weighted by Gasteiger charge is 2.29. The number of methoxy groups -OCH3 is 1. The van der Waals surface area contributed by atoms with E-state index in [1.54, 1.807) is 7.11 Å². The second-order valence-corrected chi connectivity index (χ2v) is 9.65. The Morgan fingerprint density at radius 3 is 2.34 bits per heavy atom. The van der Waals surface area contributed by atoms with Crippen LogP contribution in [-0.2, 0) is 22.9 Å². The van der Waals surface area contributed by atoms with Crippen LogP contribution in [0.1, 0.15) is 17.5 Å². The van der Waals surface area contributed by atoms with Gasteiger partial charge in [0.1, 0.15) is 5.75 Å². The van der Waals surface area contributed by atoms with Crippen LogP contribution in [0.4, 0.5) is 10.5 Å². The Morgan fingerprint density at radius 2 is 1.76 bits per heavy atom. The largest absolute Gasteiger partial charge is 0.497 e. The number of nitrogens with zero attached hydrogens (tertiary/aromatic N) is 1. The van der Waals surface area contributed by atoms with Crippen LogP contribution < -0.4 is 15.4 Å². The molecular weight excluding hydrogens is 390 g/mol. The number of hydrogen-bond acceptors (Lipinski definition) is 5. The van der Waals surface area contributed by atoms with Gasteiger partial charge in [-0.05, 0) is 48.4 Å². The van der Waals surface area contributed by atoms with E-state index in [2.05, 4.69) is 15.5 Å². The van der Waals surface area contributed by atoms with Crippen molar-refractivity contribution in [1.82, 2.24) is 10.2 Å². The summed E-state index contributed by atoms with van der Waals surface area (Å²) >= 11 is 0. The summed E-state index contributed by atoms with van der Waals surface area (Å²) in [6.07, 6.45) is 1.99. The molecule has 1 aliphatic rings. The first kappa shape index (κ1) is 21.1. The van der Waals surface area contributed by atoms with Gasteiger partial charge < -0.3 is 15.4 Å². The summed E-state index contributed by atoms with van der Waals surface area (Å²) in [7, 11) is -1.36. The Labute approximate surface area is 172 Å². The van der Waals surface area contributed by atoms with Crippen LogP contribution in [0, 0.1) is 0 Å². The maximum Gasteiger partial charge on any atom is 0.319 e. The van der Waals surface area contributed by atoms with Crippen molar-refractivity contribution in [2.24, 2.45) is 0 Å². The summed E-state index contributed by atoms with van der Waals surface area (Å²) in [5.41, 5.74) is 2.77. The van der Waals surface area contributed by atoms with Crippen molar-refractivity contribution >= 4 is 21.6 Å². The lowest BCUT2D eigenvalue weighted by Crippen LogP contribution is -2.28. The molecule has 1 heterocycles. The summed E-state index contributed by atoms with van der Waals surface area (Å²) < 4.78 is 28.5. The predicted octanol–water partition coefficient (Wildman–Crippen LogP) is 2.64. The molecule has 0 aliphatic carbocycles. The molecule has 29 heavy (non-hydrogen) atoms. The molecule has 7 nitrogen and oxygen atoms in total.